The average molecular weight is 607 g/mol. The second-order valence-corrected chi connectivity index (χ2v) is 10.2. The SMILES string of the molecule is CCN(CC)C(=O)C1CCC(N(Cc2ccc(C(=O)NCCC(=O)O)cc2)C(=O)Nc2ccc(OC(F)(F)F)cc2)CC1. The number of hydrogen-bond donors (Lipinski definition) is 3. The van der Waals surface area contributed by atoms with Crippen LogP contribution in [0.4, 0.5) is 23.7 Å². The summed E-state index contributed by atoms with van der Waals surface area (Å²) in [5.41, 5.74) is 1.34. The summed E-state index contributed by atoms with van der Waals surface area (Å²) in [5.74, 6) is -1.87. The lowest BCUT2D eigenvalue weighted by Gasteiger charge is -2.37. The summed E-state index contributed by atoms with van der Waals surface area (Å²) in [6.07, 6.45) is -2.62. The number of nitrogens with one attached hydrogen (secondary N) is 2. The molecule has 234 valence electrons. The van der Waals surface area contributed by atoms with Crippen LogP contribution in [-0.4, -0.2) is 70.8 Å². The summed E-state index contributed by atoms with van der Waals surface area (Å²) < 4.78 is 41.5. The Balaban J connectivity index is 1.73. The molecule has 0 radical (unpaired) electrons. The Morgan fingerprint density at radius 2 is 1.53 bits per heavy atom. The number of alkyl halides is 3. The van der Waals surface area contributed by atoms with Gasteiger partial charge in [-0.25, -0.2) is 4.79 Å². The second kappa shape index (κ2) is 15.3. The molecule has 1 aliphatic carbocycles. The summed E-state index contributed by atoms with van der Waals surface area (Å²) >= 11 is 0. The van der Waals surface area contributed by atoms with Crippen molar-refractivity contribution in [1.29, 1.82) is 0 Å². The van der Waals surface area contributed by atoms with Gasteiger partial charge in [-0.15, -0.1) is 13.2 Å². The van der Waals surface area contributed by atoms with E-state index in [1.54, 1.807) is 34.1 Å². The van der Waals surface area contributed by atoms with E-state index in [4.69, 9.17) is 5.11 Å². The van der Waals surface area contributed by atoms with E-state index < -0.39 is 30.0 Å². The molecule has 0 atom stereocenters. The zero-order valence-electron chi connectivity index (χ0n) is 24.2. The van der Waals surface area contributed by atoms with E-state index in [0.717, 1.165) is 17.7 Å². The number of carboxylic acids is 1. The Morgan fingerprint density at radius 3 is 2.07 bits per heavy atom. The number of carbonyl (C=O) groups is 4. The third-order valence-corrected chi connectivity index (χ3v) is 7.36. The van der Waals surface area contributed by atoms with Gasteiger partial charge in [0.15, 0.2) is 0 Å². The van der Waals surface area contributed by atoms with Gasteiger partial charge >= 0.3 is 18.4 Å². The molecule has 0 aromatic heterocycles. The second-order valence-electron chi connectivity index (χ2n) is 10.2. The highest BCUT2D eigenvalue weighted by molar-refractivity contribution is 5.94. The largest absolute Gasteiger partial charge is 0.573 e. The molecule has 0 aliphatic heterocycles. The molecule has 1 aliphatic rings. The van der Waals surface area contributed by atoms with Crippen LogP contribution in [0.3, 0.4) is 0 Å². The molecule has 0 spiro atoms. The van der Waals surface area contributed by atoms with Gasteiger partial charge in [-0.2, -0.15) is 0 Å². The molecule has 1 fully saturated rings. The number of nitrogens with zero attached hydrogens (tertiary/aromatic N) is 2. The van der Waals surface area contributed by atoms with E-state index in [-0.39, 0.29) is 43.1 Å². The van der Waals surface area contributed by atoms with Crippen molar-refractivity contribution in [3.05, 3.63) is 59.7 Å². The lowest BCUT2D eigenvalue weighted by atomic mass is 9.84. The van der Waals surface area contributed by atoms with Crippen LogP contribution in [0.1, 0.15) is 61.9 Å². The maximum absolute atomic E-state index is 13.5. The number of carboxylic acid groups (broad SMARTS) is 1. The monoisotopic (exact) mass is 606 g/mol. The predicted octanol–water partition coefficient (Wildman–Crippen LogP) is 5.25. The number of ether oxygens (including phenoxy) is 1. The normalized spacial score (nSPS) is 16.6. The molecule has 43 heavy (non-hydrogen) atoms. The third kappa shape index (κ3) is 10.2. The van der Waals surface area contributed by atoms with Gasteiger partial charge in [0.25, 0.3) is 5.91 Å². The van der Waals surface area contributed by atoms with Gasteiger partial charge < -0.3 is 30.3 Å². The fourth-order valence-electron chi connectivity index (χ4n) is 5.07. The van der Waals surface area contributed by atoms with Crippen LogP contribution in [0.5, 0.6) is 5.75 Å². The topological polar surface area (TPSA) is 128 Å². The Hall–Kier alpha value is -4.29. The molecular weight excluding hydrogens is 569 g/mol. The van der Waals surface area contributed by atoms with Crippen molar-refractivity contribution in [2.75, 3.05) is 25.0 Å². The molecule has 1 saturated carbocycles. The Kier molecular flexibility index (Phi) is 11.8. The summed E-state index contributed by atoms with van der Waals surface area (Å²) in [6.45, 7) is 5.31. The first-order valence-corrected chi connectivity index (χ1v) is 14.2. The molecule has 4 amide bonds. The predicted molar refractivity (Wildman–Crippen MR) is 152 cm³/mol. The van der Waals surface area contributed by atoms with Gasteiger partial charge in [-0.05, 0) is 81.5 Å². The van der Waals surface area contributed by atoms with Crippen LogP contribution in [0, 0.1) is 5.92 Å². The fourth-order valence-corrected chi connectivity index (χ4v) is 5.07. The maximum atomic E-state index is 13.5. The molecule has 0 saturated heterocycles. The number of rotatable bonds is 12. The number of amides is 4. The molecule has 2 aromatic rings. The highest BCUT2D eigenvalue weighted by Crippen LogP contribution is 2.31. The lowest BCUT2D eigenvalue weighted by molar-refractivity contribution is -0.274. The molecule has 2 aromatic carbocycles. The molecule has 13 heteroatoms. The quantitative estimate of drug-likeness (QED) is 0.303. The van der Waals surface area contributed by atoms with Crippen molar-refractivity contribution in [2.45, 2.75) is 64.9 Å². The summed E-state index contributed by atoms with van der Waals surface area (Å²) in [4.78, 5) is 52.9. The van der Waals surface area contributed by atoms with E-state index in [1.807, 2.05) is 13.8 Å². The molecular formula is C30H37F3N4O6. The van der Waals surface area contributed by atoms with Crippen molar-refractivity contribution >= 4 is 29.5 Å². The fraction of sp³-hybridized carbons (Fsp3) is 0.467. The van der Waals surface area contributed by atoms with Crippen molar-refractivity contribution in [1.82, 2.24) is 15.1 Å². The van der Waals surface area contributed by atoms with Crippen molar-refractivity contribution in [3.63, 3.8) is 0 Å². The van der Waals surface area contributed by atoms with Crippen molar-refractivity contribution in [3.8, 4) is 5.75 Å². The Bertz CT molecular complexity index is 1240. The number of benzene rings is 2. The summed E-state index contributed by atoms with van der Waals surface area (Å²) in [5, 5.41) is 14.0. The van der Waals surface area contributed by atoms with Gasteiger partial charge in [0.05, 0.1) is 6.42 Å². The maximum Gasteiger partial charge on any atom is 0.573 e. The van der Waals surface area contributed by atoms with E-state index in [0.29, 0.717) is 44.3 Å². The number of urea groups is 1. The van der Waals surface area contributed by atoms with Crippen molar-refractivity contribution < 1.29 is 42.2 Å². The van der Waals surface area contributed by atoms with Crippen LogP contribution in [0.2, 0.25) is 0 Å². The molecule has 10 nitrogen and oxygen atoms in total. The first kappa shape index (κ1) is 33.2. The zero-order chi connectivity index (χ0) is 31.6. The lowest BCUT2D eigenvalue weighted by Crippen LogP contribution is -2.46. The minimum absolute atomic E-state index is 0.00732. The molecule has 0 bridgehead atoms. The number of hydrogen-bond acceptors (Lipinski definition) is 5. The number of halogens is 3. The third-order valence-electron chi connectivity index (χ3n) is 7.36. The first-order valence-electron chi connectivity index (χ1n) is 14.2. The van der Waals surface area contributed by atoms with E-state index in [2.05, 4.69) is 15.4 Å². The molecule has 3 N–H and O–H groups in total. The van der Waals surface area contributed by atoms with Gasteiger partial charge in [-0.3, -0.25) is 14.4 Å². The van der Waals surface area contributed by atoms with Crippen LogP contribution in [0.15, 0.2) is 48.5 Å². The molecule has 3 rings (SSSR count). The highest BCUT2D eigenvalue weighted by Gasteiger charge is 2.34. The van der Waals surface area contributed by atoms with Gasteiger partial charge in [-0.1, -0.05) is 12.1 Å². The van der Waals surface area contributed by atoms with Gasteiger partial charge in [0.2, 0.25) is 5.91 Å². The van der Waals surface area contributed by atoms with Gasteiger partial charge in [0.1, 0.15) is 5.75 Å². The van der Waals surface area contributed by atoms with Gasteiger partial charge in [0, 0.05) is 49.4 Å². The standard InChI is InChI=1S/C30H37F3N4O6/c1-3-36(4-2)28(41)22-9-13-24(14-10-22)37(29(42)35-23-11-15-25(16-12-23)43-30(31,32)33)19-20-5-7-21(8-6-20)27(40)34-18-17-26(38)39/h5-8,11-12,15-16,22,24H,3-4,9-10,13-14,17-19H2,1-2H3,(H,34,40)(H,35,42)(H,38,39). The minimum atomic E-state index is -4.83. The number of anilines is 1. The smallest absolute Gasteiger partial charge is 0.481 e. The Labute approximate surface area is 248 Å². The van der Waals surface area contributed by atoms with E-state index >= 15 is 0 Å². The average Bonchev–Trinajstić information content (AvgIpc) is 2.97. The van der Waals surface area contributed by atoms with Crippen LogP contribution in [-0.2, 0) is 16.1 Å². The number of carbonyl (C=O) groups excluding carboxylic acids is 3. The zero-order valence-corrected chi connectivity index (χ0v) is 24.2. The van der Waals surface area contributed by atoms with E-state index in [1.165, 1.54) is 12.1 Å². The molecule has 0 unspecified atom stereocenters. The minimum Gasteiger partial charge on any atom is -0.481 e. The summed E-state index contributed by atoms with van der Waals surface area (Å²) in [6, 6.07) is 10.8. The van der Waals surface area contributed by atoms with E-state index in [9.17, 15) is 32.3 Å². The number of aliphatic carboxylic acids is 1. The Morgan fingerprint density at radius 1 is 0.930 bits per heavy atom. The summed E-state index contributed by atoms with van der Waals surface area (Å²) in [7, 11) is 0. The first-order chi connectivity index (χ1) is 20.4. The molecule has 0 heterocycles. The van der Waals surface area contributed by atoms with Crippen molar-refractivity contribution in [2.24, 2.45) is 5.92 Å². The van der Waals surface area contributed by atoms with Crippen LogP contribution < -0.4 is 15.4 Å². The van der Waals surface area contributed by atoms with Crippen LogP contribution >= 0.6 is 0 Å². The van der Waals surface area contributed by atoms with Crippen LogP contribution in [0.25, 0.3) is 0 Å². The highest BCUT2D eigenvalue weighted by atomic mass is 19.4.